The standard InChI is InChI=1S/C15H19BrN6O/c1-2-3-20-4-6-21(7-5-20)15(23)12-8-13(16)14(17-9-12)22-10-18-19-11-22/h8-11H,2-7H2,1H3. The largest absolute Gasteiger partial charge is 0.336 e. The lowest BCUT2D eigenvalue weighted by Gasteiger charge is -2.34. The predicted molar refractivity (Wildman–Crippen MR) is 89.5 cm³/mol. The van der Waals surface area contributed by atoms with Gasteiger partial charge in [0.25, 0.3) is 5.91 Å². The van der Waals surface area contributed by atoms with Gasteiger partial charge in [-0.3, -0.25) is 14.3 Å². The molecule has 2 aromatic heterocycles. The second kappa shape index (κ2) is 7.18. The van der Waals surface area contributed by atoms with Crippen molar-refractivity contribution in [2.24, 2.45) is 0 Å². The van der Waals surface area contributed by atoms with Crippen molar-refractivity contribution in [3.8, 4) is 5.82 Å². The van der Waals surface area contributed by atoms with Crippen molar-refractivity contribution in [1.82, 2.24) is 29.5 Å². The van der Waals surface area contributed by atoms with E-state index in [9.17, 15) is 4.79 Å². The highest BCUT2D eigenvalue weighted by Crippen LogP contribution is 2.20. The number of halogens is 1. The summed E-state index contributed by atoms with van der Waals surface area (Å²) in [6, 6.07) is 1.81. The van der Waals surface area contributed by atoms with E-state index < -0.39 is 0 Å². The first-order chi connectivity index (χ1) is 11.2. The summed E-state index contributed by atoms with van der Waals surface area (Å²) < 4.78 is 2.44. The van der Waals surface area contributed by atoms with Crippen LogP contribution >= 0.6 is 15.9 Å². The van der Waals surface area contributed by atoms with Gasteiger partial charge in [-0.05, 0) is 35.0 Å². The van der Waals surface area contributed by atoms with E-state index in [0.717, 1.165) is 43.6 Å². The number of aromatic nitrogens is 4. The van der Waals surface area contributed by atoms with Gasteiger partial charge in [-0.2, -0.15) is 0 Å². The molecule has 1 amide bonds. The highest BCUT2D eigenvalue weighted by molar-refractivity contribution is 9.10. The van der Waals surface area contributed by atoms with E-state index >= 15 is 0 Å². The van der Waals surface area contributed by atoms with Crippen LogP contribution in [0, 0.1) is 0 Å². The van der Waals surface area contributed by atoms with E-state index in [1.807, 2.05) is 11.0 Å². The van der Waals surface area contributed by atoms with E-state index in [-0.39, 0.29) is 5.91 Å². The Balaban J connectivity index is 1.70. The summed E-state index contributed by atoms with van der Waals surface area (Å²) in [4.78, 5) is 21.3. The Bertz CT molecular complexity index is 667. The van der Waals surface area contributed by atoms with Crippen molar-refractivity contribution >= 4 is 21.8 Å². The fourth-order valence-corrected chi connectivity index (χ4v) is 3.27. The molecule has 0 N–H and O–H groups in total. The van der Waals surface area contributed by atoms with Crippen LogP contribution in [0.2, 0.25) is 0 Å². The molecule has 0 unspecified atom stereocenters. The molecule has 0 saturated carbocycles. The third-order valence-electron chi connectivity index (χ3n) is 3.93. The normalized spacial score (nSPS) is 15.8. The Morgan fingerprint density at radius 3 is 2.52 bits per heavy atom. The molecule has 1 fully saturated rings. The van der Waals surface area contributed by atoms with Crippen LogP contribution < -0.4 is 0 Å². The van der Waals surface area contributed by atoms with Crippen molar-refractivity contribution in [3.63, 3.8) is 0 Å². The van der Waals surface area contributed by atoms with Crippen molar-refractivity contribution in [2.75, 3.05) is 32.7 Å². The summed E-state index contributed by atoms with van der Waals surface area (Å²) in [5.74, 6) is 0.698. The van der Waals surface area contributed by atoms with Gasteiger partial charge in [-0.1, -0.05) is 6.92 Å². The zero-order chi connectivity index (χ0) is 16.2. The molecule has 7 nitrogen and oxygen atoms in total. The summed E-state index contributed by atoms with van der Waals surface area (Å²) in [7, 11) is 0. The summed E-state index contributed by atoms with van der Waals surface area (Å²) in [5, 5.41) is 7.53. The number of nitrogens with zero attached hydrogens (tertiary/aromatic N) is 6. The van der Waals surface area contributed by atoms with E-state index in [1.165, 1.54) is 0 Å². The molecule has 0 atom stereocenters. The minimum Gasteiger partial charge on any atom is -0.336 e. The molecule has 1 aliphatic rings. The first-order valence-corrected chi connectivity index (χ1v) is 8.50. The second-order valence-electron chi connectivity index (χ2n) is 5.53. The first-order valence-electron chi connectivity index (χ1n) is 7.71. The molecule has 0 aliphatic carbocycles. The van der Waals surface area contributed by atoms with Gasteiger partial charge >= 0.3 is 0 Å². The van der Waals surface area contributed by atoms with Crippen LogP contribution in [-0.2, 0) is 0 Å². The molecule has 1 aliphatic heterocycles. The van der Waals surface area contributed by atoms with E-state index in [0.29, 0.717) is 11.4 Å². The minimum atomic E-state index is 0.0321. The topological polar surface area (TPSA) is 67.2 Å². The van der Waals surface area contributed by atoms with Crippen LogP contribution in [0.15, 0.2) is 29.4 Å². The maximum atomic E-state index is 12.6. The van der Waals surface area contributed by atoms with Gasteiger partial charge in [-0.25, -0.2) is 4.98 Å². The number of rotatable bonds is 4. The molecule has 122 valence electrons. The van der Waals surface area contributed by atoms with Gasteiger partial charge in [0.1, 0.15) is 12.7 Å². The molecule has 0 spiro atoms. The zero-order valence-corrected chi connectivity index (χ0v) is 14.6. The van der Waals surface area contributed by atoms with Crippen LogP contribution in [0.5, 0.6) is 0 Å². The minimum absolute atomic E-state index is 0.0321. The van der Waals surface area contributed by atoms with Crippen molar-refractivity contribution < 1.29 is 4.79 Å². The molecule has 0 radical (unpaired) electrons. The van der Waals surface area contributed by atoms with Gasteiger partial charge in [0.05, 0.1) is 10.0 Å². The lowest BCUT2D eigenvalue weighted by atomic mass is 10.2. The number of carbonyl (C=O) groups excluding carboxylic acids is 1. The van der Waals surface area contributed by atoms with Gasteiger partial charge in [-0.15, -0.1) is 10.2 Å². The molecule has 0 bridgehead atoms. The highest BCUT2D eigenvalue weighted by Gasteiger charge is 2.22. The smallest absolute Gasteiger partial charge is 0.255 e. The molecule has 2 aromatic rings. The van der Waals surface area contributed by atoms with Crippen LogP contribution in [0.3, 0.4) is 0 Å². The molecular weight excluding hydrogens is 360 g/mol. The lowest BCUT2D eigenvalue weighted by molar-refractivity contribution is 0.0637. The molecular formula is C15H19BrN6O. The molecule has 3 rings (SSSR count). The van der Waals surface area contributed by atoms with E-state index in [1.54, 1.807) is 23.4 Å². The number of hydrogen-bond donors (Lipinski definition) is 0. The van der Waals surface area contributed by atoms with Crippen LogP contribution in [0.1, 0.15) is 23.7 Å². The average Bonchev–Trinajstić information content (AvgIpc) is 3.09. The SMILES string of the molecule is CCCN1CCN(C(=O)c2cnc(-n3cnnc3)c(Br)c2)CC1. The molecule has 23 heavy (non-hydrogen) atoms. The van der Waals surface area contributed by atoms with E-state index in [2.05, 4.69) is 42.9 Å². The van der Waals surface area contributed by atoms with Gasteiger partial charge in [0, 0.05) is 32.4 Å². The Morgan fingerprint density at radius 1 is 1.22 bits per heavy atom. The zero-order valence-electron chi connectivity index (χ0n) is 13.0. The van der Waals surface area contributed by atoms with E-state index in [4.69, 9.17) is 0 Å². The molecule has 1 saturated heterocycles. The van der Waals surface area contributed by atoms with Gasteiger partial charge in [0.2, 0.25) is 0 Å². The predicted octanol–water partition coefficient (Wildman–Crippen LogP) is 1.59. The van der Waals surface area contributed by atoms with Gasteiger partial charge in [0.15, 0.2) is 5.82 Å². The number of amides is 1. The number of hydrogen-bond acceptors (Lipinski definition) is 5. The Morgan fingerprint density at radius 2 is 1.91 bits per heavy atom. The molecule has 8 heteroatoms. The summed E-state index contributed by atoms with van der Waals surface area (Å²) in [6.07, 6.45) is 5.90. The maximum Gasteiger partial charge on any atom is 0.255 e. The molecule has 3 heterocycles. The third kappa shape index (κ3) is 3.59. The van der Waals surface area contributed by atoms with Crippen molar-refractivity contribution in [3.05, 3.63) is 35.0 Å². The van der Waals surface area contributed by atoms with Crippen LogP contribution in [-0.4, -0.2) is 68.2 Å². The monoisotopic (exact) mass is 378 g/mol. The Hall–Kier alpha value is -1.80. The lowest BCUT2D eigenvalue weighted by Crippen LogP contribution is -2.48. The van der Waals surface area contributed by atoms with Crippen LogP contribution in [0.4, 0.5) is 0 Å². The van der Waals surface area contributed by atoms with Gasteiger partial charge < -0.3 is 4.90 Å². The highest BCUT2D eigenvalue weighted by atomic mass is 79.9. The van der Waals surface area contributed by atoms with Crippen molar-refractivity contribution in [2.45, 2.75) is 13.3 Å². The summed E-state index contributed by atoms with van der Waals surface area (Å²) in [5.41, 5.74) is 0.595. The Kier molecular flexibility index (Phi) is 5.02. The summed E-state index contributed by atoms with van der Waals surface area (Å²) in [6.45, 7) is 6.69. The average molecular weight is 379 g/mol. The first kappa shape index (κ1) is 16.1. The fourth-order valence-electron chi connectivity index (χ4n) is 2.72. The quantitative estimate of drug-likeness (QED) is 0.807. The fraction of sp³-hybridized carbons (Fsp3) is 0.467. The number of carbonyl (C=O) groups is 1. The second-order valence-corrected chi connectivity index (χ2v) is 6.39. The summed E-state index contributed by atoms with van der Waals surface area (Å²) >= 11 is 3.47. The van der Waals surface area contributed by atoms with Crippen molar-refractivity contribution in [1.29, 1.82) is 0 Å². The van der Waals surface area contributed by atoms with Crippen LogP contribution in [0.25, 0.3) is 5.82 Å². The Labute approximate surface area is 143 Å². The number of piperazine rings is 1. The maximum absolute atomic E-state index is 12.6. The third-order valence-corrected chi connectivity index (χ3v) is 4.51. The molecule has 0 aromatic carbocycles. The number of pyridine rings is 1.